The Bertz CT molecular complexity index is 957. The van der Waals surface area contributed by atoms with E-state index in [0.29, 0.717) is 11.3 Å². The van der Waals surface area contributed by atoms with E-state index in [1.807, 2.05) is 12.1 Å². The van der Waals surface area contributed by atoms with Crippen molar-refractivity contribution in [1.82, 2.24) is 4.90 Å². The maximum Gasteiger partial charge on any atom is 0.420 e. The number of aliphatic carboxylic acids is 1. The number of likely N-dealkylation sites (tertiary alicyclic amines) is 1. The van der Waals surface area contributed by atoms with E-state index in [1.54, 1.807) is 12.1 Å². The fraction of sp³-hybridized carbons (Fsp3) is 0.593. The molecule has 1 saturated heterocycles. The van der Waals surface area contributed by atoms with E-state index < -0.39 is 17.7 Å². The molecule has 1 aliphatic heterocycles. The van der Waals surface area contributed by atoms with Crippen molar-refractivity contribution >= 4 is 16.7 Å². The van der Waals surface area contributed by atoms with Gasteiger partial charge in [-0.1, -0.05) is 31.5 Å². The maximum absolute atomic E-state index is 14.2. The summed E-state index contributed by atoms with van der Waals surface area (Å²) < 4.78 is 48.5. The van der Waals surface area contributed by atoms with Crippen LogP contribution in [0.1, 0.15) is 82.9 Å². The van der Waals surface area contributed by atoms with Crippen molar-refractivity contribution in [3.63, 3.8) is 0 Å². The second-order valence-electron chi connectivity index (χ2n) is 9.71. The number of ether oxygens (including phenoxy) is 1. The zero-order chi connectivity index (χ0) is 24.9. The first-order chi connectivity index (χ1) is 16.1. The number of hydrogen-bond donors (Lipinski definition) is 1. The van der Waals surface area contributed by atoms with Crippen molar-refractivity contribution in [2.45, 2.75) is 84.0 Å². The van der Waals surface area contributed by atoms with Crippen LogP contribution < -0.4 is 4.74 Å². The molecule has 2 aromatic rings. The molecule has 2 aliphatic rings. The van der Waals surface area contributed by atoms with E-state index >= 15 is 0 Å². The van der Waals surface area contributed by atoms with Gasteiger partial charge in [0.25, 0.3) is 5.97 Å². The second kappa shape index (κ2) is 11.4. The Kier molecular flexibility index (Phi) is 8.85. The number of halogens is 3. The standard InChI is InChI=1S/C25H32F3NO.C2H4O2/c1-17-6-11-21(12-7-17)30-23-13-10-19-8-9-20(16-22(19)24(23)25(26,27)28)18(2)29-14-4-3-5-15-29;1-2(3)4/h8-10,13,16-18,21H,3-7,11-12,14-15H2,1-2H3;1H3,(H,3,4). The number of hydrogen-bond acceptors (Lipinski definition) is 3. The summed E-state index contributed by atoms with van der Waals surface area (Å²) in [6.07, 6.45) is 2.63. The highest BCUT2D eigenvalue weighted by Gasteiger charge is 2.37. The van der Waals surface area contributed by atoms with Crippen LogP contribution in [0.15, 0.2) is 30.3 Å². The fourth-order valence-electron chi connectivity index (χ4n) is 5.01. The van der Waals surface area contributed by atoms with E-state index in [4.69, 9.17) is 14.6 Å². The third-order valence-corrected chi connectivity index (χ3v) is 6.97. The van der Waals surface area contributed by atoms with Crippen LogP contribution >= 0.6 is 0 Å². The van der Waals surface area contributed by atoms with Gasteiger partial charge in [-0.15, -0.1) is 0 Å². The molecule has 1 saturated carbocycles. The number of fused-ring (bicyclic) bond motifs is 1. The minimum Gasteiger partial charge on any atom is -0.490 e. The van der Waals surface area contributed by atoms with Gasteiger partial charge >= 0.3 is 6.18 Å². The Morgan fingerprint density at radius 1 is 1.06 bits per heavy atom. The van der Waals surface area contributed by atoms with Gasteiger partial charge in [0.2, 0.25) is 0 Å². The van der Waals surface area contributed by atoms with Crippen LogP contribution in [-0.4, -0.2) is 35.2 Å². The van der Waals surface area contributed by atoms with Crippen LogP contribution in [0, 0.1) is 5.92 Å². The first kappa shape index (κ1) is 26.3. The molecule has 1 atom stereocenters. The number of nitrogens with zero attached hydrogens (tertiary/aromatic N) is 1. The van der Waals surface area contributed by atoms with Gasteiger partial charge in [-0.3, -0.25) is 9.69 Å². The molecule has 34 heavy (non-hydrogen) atoms. The van der Waals surface area contributed by atoms with Crippen LogP contribution in [0.5, 0.6) is 5.75 Å². The number of carboxylic acid groups (broad SMARTS) is 1. The molecule has 0 radical (unpaired) electrons. The summed E-state index contributed by atoms with van der Waals surface area (Å²) in [5, 5.41) is 8.28. The Hall–Kier alpha value is -2.28. The van der Waals surface area contributed by atoms with E-state index in [2.05, 4.69) is 18.7 Å². The van der Waals surface area contributed by atoms with Crippen LogP contribution in [0.4, 0.5) is 13.2 Å². The van der Waals surface area contributed by atoms with Gasteiger partial charge in [0, 0.05) is 13.0 Å². The number of carboxylic acids is 1. The van der Waals surface area contributed by atoms with Gasteiger partial charge < -0.3 is 9.84 Å². The monoisotopic (exact) mass is 479 g/mol. The van der Waals surface area contributed by atoms with Crippen LogP contribution in [0.2, 0.25) is 0 Å². The minimum absolute atomic E-state index is 0.0164. The molecule has 1 N–H and O–H groups in total. The quantitative estimate of drug-likeness (QED) is 0.495. The third-order valence-electron chi connectivity index (χ3n) is 6.97. The predicted molar refractivity (Wildman–Crippen MR) is 128 cm³/mol. The lowest BCUT2D eigenvalue weighted by molar-refractivity contribution is -0.138. The highest BCUT2D eigenvalue weighted by atomic mass is 19.4. The highest BCUT2D eigenvalue weighted by Crippen LogP contribution is 2.43. The number of piperidine rings is 1. The summed E-state index contributed by atoms with van der Waals surface area (Å²) in [6.45, 7) is 7.39. The molecule has 188 valence electrons. The largest absolute Gasteiger partial charge is 0.490 e. The number of rotatable bonds is 4. The van der Waals surface area contributed by atoms with Crippen molar-refractivity contribution in [3.05, 3.63) is 41.5 Å². The average molecular weight is 480 g/mol. The molecule has 7 heteroatoms. The topological polar surface area (TPSA) is 49.8 Å². The molecule has 1 unspecified atom stereocenters. The van der Waals surface area contributed by atoms with Gasteiger partial charge in [0.05, 0.1) is 6.10 Å². The number of benzene rings is 2. The lowest BCUT2D eigenvalue weighted by atomic mass is 9.89. The predicted octanol–water partition coefficient (Wildman–Crippen LogP) is 7.45. The summed E-state index contributed by atoms with van der Waals surface area (Å²) in [4.78, 5) is 11.4. The Balaban J connectivity index is 0.000000751. The molecule has 0 amide bonds. The van der Waals surface area contributed by atoms with E-state index in [9.17, 15) is 13.2 Å². The highest BCUT2D eigenvalue weighted by molar-refractivity contribution is 5.89. The first-order valence-corrected chi connectivity index (χ1v) is 12.3. The molecular weight excluding hydrogens is 443 g/mol. The average Bonchev–Trinajstić information content (AvgIpc) is 2.79. The van der Waals surface area contributed by atoms with E-state index in [-0.39, 0.29) is 23.3 Å². The van der Waals surface area contributed by atoms with Crippen LogP contribution in [0.25, 0.3) is 10.8 Å². The Labute approximate surface area is 200 Å². The van der Waals surface area contributed by atoms with Gasteiger partial charge in [0.1, 0.15) is 11.3 Å². The number of alkyl halides is 3. The molecular formula is C27H36F3NO3. The van der Waals surface area contributed by atoms with Crippen LogP contribution in [-0.2, 0) is 11.0 Å². The molecule has 4 nitrogen and oxygen atoms in total. The molecule has 0 spiro atoms. The number of carbonyl (C=O) groups is 1. The summed E-state index contributed by atoms with van der Waals surface area (Å²) in [6, 6.07) is 8.93. The lowest BCUT2D eigenvalue weighted by Gasteiger charge is -2.33. The Morgan fingerprint density at radius 2 is 1.65 bits per heavy atom. The van der Waals surface area contributed by atoms with Crippen molar-refractivity contribution in [2.24, 2.45) is 5.92 Å². The maximum atomic E-state index is 14.2. The zero-order valence-electron chi connectivity index (χ0n) is 20.3. The Morgan fingerprint density at radius 3 is 2.24 bits per heavy atom. The summed E-state index contributed by atoms with van der Waals surface area (Å²) in [5.74, 6) is -0.222. The van der Waals surface area contributed by atoms with Crippen LogP contribution in [0.3, 0.4) is 0 Å². The van der Waals surface area contributed by atoms with Gasteiger partial charge in [-0.2, -0.15) is 13.2 Å². The minimum atomic E-state index is -4.45. The lowest BCUT2D eigenvalue weighted by Crippen LogP contribution is -2.32. The van der Waals surface area contributed by atoms with Crippen molar-refractivity contribution in [1.29, 1.82) is 0 Å². The van der Waals surface area contributed by atoms with Crippen molar-refractivity contribution < 1.29 is 27.8 Å². The fourth-order valence-corrected chi connectivity index (χ4v) is 5.01. The normalized spacial score (nSPS) is 22.5. The summed E-state index contributed by atoms with van der Waals surface area (Å²) >= 11 is 0. The van der Waals surface area contributed by atoms with Gasteiger partial charge in [-0.25, -0.2) is 0 Å². The van der Waals surface area contributed by atoms with Gasteiger partial charge in [0.15, 0.2) is 0 Å². The SMILES string of the molecule is CC(=O)O.CC1CCC(Oc2ccc3ccc(C(C)N4CCCCC4)cc3c2C(F)(F)F)CC1. The second-order valence-corrected chi connectivity index (χ2v) is 9.71. The van der Waals surface area contributed by atoms with Crippen molar-refractivity contribution in [2.75, 3.05) is 13.1 Å². The molecule has 0 aromatic heterocycles. The molecule has 0 bridgehead atoms. The summed E-state index contributed by atoms with van der Waals surface area (Å²) in [5.41, 5.74) is 0.324. The summed E-state index contributed by atoms with van der Waals surface area (Å²) in [7, 11) is 0. The van der Waals surface area contributed by atoms with E-state index in [1.165, 1.54) is 12.5 Å². The molecule has 4 rings (SSSR count). The molecule has 2 aromatic carbocycles. The molecule has 1 heterocycles. The van der Waals surface area contributed by atoms with Gasteiger partial charge in [-0.05, 0) is 92.9 Å². The van der Waals surface area contributed by atoms with Crippen molar-refractivity contribution in [3.8, 4) is 5.75 Å². The molecule has 2 fully saturated rings. The molecule has 1 aliphatic carbocycles. The third kappa shape index (κ3) is 6.87. The van der Waals surface area contributed by atoms with E-state index in [0.717, 1.165) is 64.1 Å². The smallest absolute Gasteiger partial charge is 0.420 e. The first-order valence-electron chi connectivity index (χ1n) is 12.3. The zero-order valence-corrected chi connectivity index (χ0v) is 20.3.